The number of hydrogen-bond acceptors (Lipinski definition) is 4. The number of hydrazone groups is 1. The van der Waals surface area contributed by atoms with Crippen molar-refractivity contribution in [3.8, 4) is 5.69 Å². The Labute approximate surface area is 180 Å². The number of rotatable bonds is 7. The van der Waals surface area contributed by atoms with Crippen molar-refractivity contribution in [3.05, 3.63) is 77.1 Å². The number of fused-ring (bicyclic) bond motifs is 1. The van der Waals surface area contributed by atoms with Gasteiger partial charge in [-0.2, -0.15) is 5.10 Å². The molecule has 0 saturated heterocycles. The van der Waals surface area contributed by atoms with Crippen LogP contribution in [0.25, 0.3) is 16.7 Å². The van der Waals surface area contributed by atoms with Crippen LogP contribution in [0.5, 0.6) is 0 Å². The maximum atomic E-state index is 10.9. The second kappa shape index (κ2) is 8.47. The molecule has 0 atom stereocenters. The summed E-state index contributed by atoms with van der Waals surface area (Å²) in [4.78, 5) is 15.5. The lowest BCUT2D eigenvalue weighted by molar-refractivity contribution is -0.136. The molecule has 0 spiro atoms. The van der Waals surface area contributed by atoms with Crippen molar-refractivity contribution in [1.29, 1.82) is 0 Å². The largest absolute Gasteiger partial charge is 0.481 e. The third-order valence-corrected chi connectivity index (χ3v) is 5.36. The number of imidazole rings is 1. The average molecular weight is 415 g/mol. The molecule has 0 radical (unpaired) electrons. The van der Waals surface area contributed by atoms with E-state index in [-0.39, 0.29) is 6.42 Å². The molecule has 0 aliphatic rings. The summed E-state index contributed by atoms with van der Waals surface area (Å²) in [6.45, 7) is 6.96. The number of carboxylic acids is 1. The van der Waals surface area contributed by atoms with Crippen LogP contribution in [0.3, 0.4) is 0 Å². The first-order valence-electron chi connectivity index (χ1n) is 10.2. The fraction of sp³-hybridized carbons (Fsp3) is 0.208. The molecule has 7 nitrogen and oxygen atoms in total. The quantitative estimate of drug-likeness (QED) is 0.343. The summed E-state index contributed by atoms with van der Waals surface area (Å²) in [6.07, 6.45) is 1.83. The predicted octanol–water partition coefficient (Wildman–Crippen LogP) is 4.54. The van der Waals surface area contributed by atoms with E-state index in [0.717, 1.165) is 45.8 Å². The van der Waals surface area contributed by atoms with Gasteiger partial charge in [-0.1, -0.05) is 24.3 Å². The number of anilines is 1. The third kappa shape index (κ3) is 4.07. The van der Waals surface area contributed by atoms with Crippen molar-refractivity contribution in [2.24, 2.45) is 5.10 Å². The molecule has 7 heteroatoms. The number of nitrogens with one attached hydrogen (secondary N) is 1. The number of aliphatic carboxylic acids is 1. The normalized spacial score (nSPS) is 11.5. The molecular formula is C24H25N5O2. The van der Waals surface area contributed by atoms with Gasteiger partial charge in [0.15, 0.2) is 0 Å². The van der Waals surface area contributed by atoms with Crippen molar-refractivity contribution < 1.29 is 9.90 Å². The van der Waals surface area contributed by atoms with Crippen molar-refractivity contribution in [2.75, 3.05) is 5.43 Å². The Morgan fingerprint density at radius 3 is 2.61 bits per heavy atom. The second-order valence-electron chi connectivity index (χ2n) is 7.44. The smallest absolute Gasteiger partial charge is 0.307 e. The monoisotopic (exact) mass is 415 g/mol. The molecule has 2 N–H and O–H groups in total. The minimum Gasteiger partial charge on any atom is -0.481 e. The highest BCUT2D eigenvalue weighted by Gasteiger charge is 2.11. The van der Waals surface area contributed by atoms with Crippen LogP contribution >= 0.6 is 0 Å². The van der Waals surface area contributed by atoms with Crippen molar-refractivity contribution in [2.45, 2.75) is 33.7 Å². The Balaban J connectivity index is 1.57. The van der Waals surface area contributed by atoms with Crippen molar-refractivity contribution in [3.63, 3.8) is 0 Å². The Bertz CT molecular complexity index is 1270. The number of nitrogens with zero attached hydrogens (tertiary/aromatic N) is 4. The van der Waals surface area contributed by atoms with Crippen molar-refractivity contribution >= 4 is 29.2 Å². The van der Waals surface area contributed by atoms with E-state index in [1.807, 2.05) is 56.3 Å². The molecular weight excluding hydrogens is 390 g/mol. The standard InChI is InChI=1S/C24H25N5O2/c1-4-28-22-8-6-5-7-21(22)26-24(28)27-25-15-19-13-16(2)29(17(19)3)20-11-9-18(10-12-20)14-23(30)31/h5-13,15H,4,14H2,1-3H3,(H,26,27)(H,30,31)/b25-15-. The molecule has 0 saturated carbocycles. The van der Waals surface area contributed by atoms with Crippen LogP contribution in [0.15, 0.2) is 59.7 Å². The number of carbonyl (C=O) groups is 1. The third-order valence-electron chi connectivity index (χ3n) is 5.36. The molecule has 0 bridgehead atoms. The maximum absolute atomic E-state index is 10.9. The first-order valence-corrected chi connectivity index (χ1v) is 10.2. The summed E-state index contributed by atoms with van der Waals surface area (Å²) in [5, 5.41) is 13.4. The van der Waals surface area contributed by atoms with Gasteiger partial charge in [0.2, 0.25) is 5.95 Å². The van der Waals surface area contributed by atoms with Gasteiger partial charge < -0.3 is 14.2 Å². The molecule has 0 aliphatic heterocycles. The van der Waals surface area contributed by atoms with Gasteiger partial charge in [0.05, 0.1) is 23.7 Å². The predicted molar refractivity (Wildman–Crippen MR) is 123 cm³/mol. The SMILES string of the molecule is CCn1c(N/N=C\c2cc(C)n(-c3ccc(CC(=O)O)cc3)c2C)nc2ccccc21. The molecule has 2 aromatic carbocycles. The van der Waals surface area contributed by atoms with E-state index in [1.54, 1.807) is 6.21 Å². The van der Waals surface area contributed by atoms with Crippen LogP contribution < -0.4 is 5.43 Å². The van der Waals surface area contributed by atoms with E-state index in [9.17, 15) is 4.79 Å². The van der Waals surface area contributed by atoms with Gasteiger partial charge in [0.25, 0.3) is 0 Å². The van der Waals surface area contributed by atoms with Crippen LogP contribution in [-0.4, -0.2) is 31.4 Å². The number of aryl methyl sites for hydroxylation is 2. The van der Waals surface area contributed by atoms with E-state index >= 15 is 0 Å². The van der Waals surface area contributed by atoms with Crippen LogP contribution in [-0.2, 0) is 17.8 Å². The molecule has 2 heterocycles. The molecule has 0 aliphatic carbocycles. The lowest BCUT2D eigenvalue weighted by Crippen LogP contribution is -2.03. The highest BCUT2D eigenvalue weighted by molar-refractivity contribution is 5.83. The summed E-state index contributed by atoms with van der Waals surface area (Å²) < 4.78 is 4.22. The molecule has 2 aromatic heterocycles. The second-order valence-corrected chi connectivity index (χ2v) is 7.44. The summed E-state index contributed by atoms with van der Waals surface area (Å²) in [5.41, 5.74) is 9.99. The summed E-state index contributed by atoms with van der Waals surface area (Å²) >= 11 is 0. The van der Waals surface area contributed by atoms with Crippen LogP contribution in [0, 0.1) is 13.8 Å². The van der Waals surface area contributed by atoms with Gasteiger partial charge in [0, 0.05) is 29.2 Å². The fourth-order valence-corrected chi connectivity index (χ4v) is 3.89. The number of aromatic nitrogens is 3. The van der Waals surface area contributed by atoms with E-state index in [1.165, 1.54) is 0 Å². The summed E-state index contributed by atoms with van der Waals surface area (Å²) in [5.74, 6) is -0.119. The highest BCUT2D eigenvalue weighted by atomic mass is 16.4. The number of benzene rings is 2. The van der Waals surface area contributed by atoms with Gasteiger partial charge in [-0.05, 0) is 56.7 Å². The molecule has 0 amide bonds. The summed E-state index contributed by atoms with van der Waals surface area (Å²) in [6, 6.07) is 17.7. The number of carboxylic acid groups (broad SMARTS) is 1. The van der Waals surface area contributed by atoms with E-state index in [0.29, 0.717) is 5.95 Å². The Hall–Kier alpha value is -3.87. The Kier molecular flexibility index (Phi) is 5.58. The highest BCUT2D eigenvalue weighted by Crippen LogP contribution is 2.21. The van der Waals surface area contributed by atoms with Gasteiger partial charge in [0.1, 0.15) is 0 Å². The molecule has 0 unspecified atom stereocenters. The lowest BCUT2D eigenvalue weighted by atomic mass is 10.1. The van der Waals surface area contributed by atoms with E-state index in [4.69, 9.17) is 5.11 Å². The van der Waals surface area contributed by atoms with Crippen LogP contribution in [0.4, 0.5) is 5.95 Å². The average Bonchev–Trinajstić information content (AvgIpc) is 3.24. The zero-order valence-electron chi connectivity index (χ0n) is 17.8. The Morgan fingerprint density at radius 2 is 1.90 bits per heavy atom. The molecule has 0 fully saturated rings. The van der Waals surface area contributed by atoms with Crippen LogP contribution in [0.1, 0.15) is 29.4 Å². The molecule has 4 aromatic rings. The molecule has 31 heavy (non-hydrogen) atoms. The fourth-order valence-electron chi connectivity index (χ4n) is 3.89. The van der Waals surface area contributed by atoms with Crippen LogP contribution in [0.2, 0.25) is 0 Å². The zero-order valence-corrected chi connectivity index (χ0v) is 17.8. The number of para-hydroxylation sites is 2. The van der Waals surface area contributed by atoms with Gasteiger partial charge in [-0.25, -0.2) is 10.4 Å². The minimum absolute atomic E-state index is 0.0238. The Morgan fingerprint density at radius 1 is 1.16 bits per heavy atom. The topological polar surface area (TPSA) is 84.4 Å². The van der Waals surface area contributed by atoms with Gasteiger partial charge in [-0.15, -0.1) is 0 Å². The maximum Gasteiger partial charge on any atom is 0.307 e. The van der Waals surface area contributed by atoms with Crippen molar-refractivity contribution in [1.82, 2.24) is 14.1 Å². The van der Waals surface area contributed by atoms with E-state index in [2.05, 4.69) is 43.7 Å². The molecule has 4 rings (SSSR count). The first-order chi connectivity index (χ1) is 15.0. The van der Waals surface area contributed by atoms with E-state index < -0.39 is 5.97 Å². The first kappa shape index (κ1) is 20.4. The van der Waals surface area contributed by atoms with Gasteiger partial charge >= 0.3 is 5.97 Å². The lowest BCUT2D eigenvalue weighted by Gasteiger charge is -2.10. The van der Waals surface area contributed by atoms with Gasteiger partial charge in [-0.3, -0.25) is 4.79 Å². The number of hydrogen-bond donors (Lipinski definition) is 2. The minimum atomic E-state index is -0.830. The zero-order chi connectivity index (χ0) is 22.0. The summed E-state index contributed by atoms with van der Waals surface area (Å²) in [7, 11) is 0. The molecule has 158 valence electrons.